The minimum absolute atomic E-state index is 0.126. The number of hydrazine groups is 1. The van der Waals surface area contributed by atoms with E-state index in [1.54, 1.807) is 0 Å². The second-order valence-corrected chi connectivity index (χ2v) is 5.36. The molecule has 0 radical (unpaired) electrons. The summed E-state index contributed by atoms with van der Waals surface area (Å²) in [4.78, 5) is 8.79. The average molecular weight is 310 g/mol. The van der Waals surface area contributed by atoms with Crippen LogP contribution >= 0.6 is 11.6 Å². The molecule has 0 aliphatic carbocycles. The van der Waals surface area contributed by atoms with E-state index in [-0.39, 0.29) is 11.7 Å². The van der Waals surface area contributed by atoms with Crippen LogP contribution in [0.15, 0.2) is 18.2 Å². The van der Waals surface area contributed by atoms with E-state index in [1.165, 1.54) is 18.2 Å². The van der Waals surface area contributed by atoms with Gasteiger partial charge in [0.1, 0.15) is 23.3 Å². The number of halogens is 2. The zero-order chi connectivity index (χ0) is 15.6. The van der Waals surface area contributed by atoms with Crippen molar-refractivity contribution in [2.45, 2.75) is 26.7 Å². The molecule has 112 valence electrons. The van der Waals surface area contributed by atoms with Crippen LogP contribution in [0.5, 0.6) is 0 Å². The SMILES string of the molecule is Cc1c(NN)nc(C(C)C)nc1Nc1cc(F)ccc1Cl. The summed E-state index contributed by atoms with van der Waals surface area (Å²) in [6, 6.07) is 4.10. The quantitative estimate of drug-likeness (QED) is 0.592. The van der Waals surface area contributed by atoms with Crippen molar-refractivity contribution in [1.82, 2.24) is 9.97 Å². The van der Waals surface area contributed by atoms with Gasteiger partial charge in [0.15, 0.2) is 0 Å². The third kappa shape index (κ3) is 3.40. The fourth-order valence-electron chi connectivity index (χ4n) is 1.78. The number of aromatic nitrogens is 2. The third-order valence-electron chi connectivity index (χ3n) is 3.00. The van der Waals surface area contributed by atoms with E-state index in [9.17, 15) is 4.39 Å². The molecule has 21 heavy (non-hydrogen) atoms. The summed E-state index contributed by atoms with van der Waals surface area (Å²) in [5, 5.41) is 3.44. The molecule has 0 fully saturated rings. The molecule has 0 spiro atoms. The smallest absolute Gasteiger partial charge is 0.148 e. The highest BCUT2D eigenvalue weighted by Gasteiger charge is 2.14. The number of nitrogen functional groups attached to an aromatic ring is 1. The van der Waals surface area contributed by atoms with Crippen molar-refractivity contribution in [3.8, 4) is 0 Å². The molecule has 0 aliphatic heterocycles. The number of nitrogens with one attached hydrogen (secondary N) is 2. The highest BCUT2D eigenvalue weighted by Crippen LogP contribution is 2.29. The van der Waals surface area contributed by atoms with Crippen molar-refractivity contribution in [2.24, 2.45) is 5.84 Å². The maximum Gasteiger partial charge on any atom is 0.148 e. The third-order valence-corrected chi connectivity index (χ3v) is 3.33. The first-order valence-corrected chi connectivity index (χ1v) is 6.87. The Morgan fingerprint density at radius 3 is 2.52 bits per heavy atom. The number of nitrogens with two attached hydrogens (primary N) is 1. The van der Waals surface area contributed by atoms with E-state index in [0.717, 1.165) is 5.56 Å². The number of nitrogens with zero attached hydrogens (tertiary/aromatic N) is 2. The molecule has 4 N–H and O–H groups in total. The van der Waals surface area contributed by atoms with Crippen LogP contribution in [-0.4, -0.2) is 9.97 Å². The number of hydrogen-bond donors (Lipinski definition) is 3. The summed E-state index contributed by atoms with van der Waals surface area (Å²) >= 11 is 6.06. The predicted molar refractivity (Wildman–Crippen MR) is 83.4 cm³/mol. The van der Waals surface area contributed by atoms with E-state index in [0.29, 0.717) is 28.2 Å². The van der Waals surface area contributed by atoms with Crippen LogP contribution in [0.4, 0.5) is 21.7 Å². The van der Waals surface area contributed by atoms with E-state index >= 15 is 0 Å². The number of anilines is 3. The molecule has 0 amide bonds. The summed E-state index contributed by atoms with van der Waals surface area (Å²) in [6.07, 6.45) is 0. The van der Waals surface area contributed by atoms with Crippen molar-refractivity contribution in [1.29, 1.82) is 0 Å². The standard InChI is InChI=1S/C14H17ClFN5/c1-7(2)12-19-13(8(3)14(20-12)21-17)18-11-6-9(16)4-5-10(11)15/h4-7H,17H2,1-3H3,(H2,18,19,20,21). The lowest BCUT2D eigenvalue weighted by Gasteiger charge is -2.15. The highest BCUT2D eigenvalue weighted by molar-refractivity contribution is 6.33. The monoisotopic (exact) mass is 309 g/mol. The Balaban J connectivity index is 2.47. The summed E-state index contributed by atoms with van der Waals surface area (Å²) in [5.41, 5.74) is 3.71. The van der Waals surface area contributed by atoms with Gasteiger partial charge in [0.2, 0.25) is 0 Å². The summed E-state index contributed by atoms with van der Waals surface area (Å²) < 4.78 is 13.3. The topological polar surface area (TPSA) is 75.9 Å². The Labute approximate surface area is 127 Å². The molecular formula is C14H17ClFN5. The fraction of sp³-hybridized carbons (Fsp3) is 0.286. The molecule has 2 aromatic rings. The van der Waals surface area contributed by atoms with Crippen LogP contribution in [0.25, 0.3) is 0 Å². The molecule has 0 atom stereocenters. The molecule has 0 saturated carbocycles. The molecular weight excluding hydrogens is 293 g/mol. The Morgan fingerprint density at radius 1 is 1.24 bits per heavy atom. The first kappa shape index (κ1) is 15.5. The maximum absolute atomic E-state index is 13.3. The van der Waals surface area contributed by atoms with Crippen molar-refractivity contribution in [3.63, 3.8) is 0 Å². The van der Waals surface area contributed by atoms with Crippen LogP contribution in [0, 0.1) is 12.7 Å². The number of hydrogen-bond acceptors (Lipinski definition) is 5. The minimum Gasteiger partial charge on any atom is -0.339 e. The Morgan fingerprint density at radius 2 is 1.90 bits per heavy atom. The molecule has 0 saturated heterocycles. The normalized spacial score (nSPS) is 10.8. The van der Waals surface area contributed by atoms with Gasteiger partial charge in [-0.25, -0.2) is 20.2 Å². The van der Waals surface area contributed by atoms with Gasteiger partial charge in [-0.3, -0.25) is 0 Å². The zero-order valence-corrected chi connectivity index (χ0v) is 12.8. The van der Waals surface area contributed by atoms with E-state index in [4.69, 9.17) is 17.4 Å². The van der Waals surface area contributed by atoms with Gasteiger partial charge in [-0.15, -0.1) is 0 Å². The van der Waals surface area contributed by atoms with Gasteiger partial charge >= 0.3 is 0 Å². The highest BCUT2D eigenvalue weighted by atomic mass is 35.5. The molecule has 1 aromatic carbocycles. The maximum atomic E-state index is 13.3. The predicted octanol–water partition coefficient (Wildman–Crippen LogP) is 3.73. The lowest BCUT2D eigenvalue weighted by atomic mass is 10.2. The summed E-state index contributed by atoms with van der Waals surface area (Å²) in [7, 11) is 0. The lowest BCUT2D eigenvalue weighted by Crippen LogP contribution is -2.14. The van der Waals surface area contributed by atoms with Gasteiger partial charge in [0, 0.05) is 11.5 Å². The van der Waals surface area contributed by atoms with E-state index in [2.05, 4.69) is 20.7 Å². The molecule has 5 nitrogen and oxygen atoms in total. The molecule has 7 heteroatoms. The molecule has 2 rings (SSSR count). The fourth-order valence-corrected chi connectivity index (χ4v) is 1.94. The second kappa shape index (κ2) is 6.24. The largest absolute Gasteiger partial charge is 0.339 e. The first-order chi connectivity index (χ1) is 9.92. The van der Waals surface area contributed by atoms with E-state index in [1.807, 2.05) is 20.8 Å². The minimum atomic E-state index is -0.380. The summed E-state index contributed by atoms with van der Waals surface area (Å²) in [5.74, 6) is 6.91. The molecule has 1 aromatic heterocycles. The van der Waals surface area contributed by atoms with Crippen LogP contribution in [-0.2, 0) is 0 Å². The number of rotatable bonds is 4. The van der Waals surface area contributed by atoms with Crippen LogP contribution in [0.2, 0.25) is 5.02 Å². The van der Waals surface area contributed by atoms with Gasteiger partial charge in [0.05, 0.1) is 10.7 Å². The molecule has 1 heterocycles. The van der Waals surface area contributed by atoms with Gasteiger partial charge in [-0.1, -0.05) is 25.4 Å². The average Bonchev–Trinajstić information content (AvgIpc) is 2.44. The first-order valence-electron chi connectivity index (χ1n) is 6.49. The van der Waals surface area contributed by atoms with Crippen molar-refractivity contribution in [2.75, 3.05) is 10.7 Å². The van der Waals surface area contributed by atoms with Gasteiger partial charge < -0.3 is 10.7 Å². The summed E-state index contributed by atoms with van der Waals surface area (Å²) in [6.45, 7) is 5.77. The van der Waals surface area contributed by atoms with Crippen LogP contribution in [0.1, 0.15) is 31.2 Å². The van der Waals surface area contributed by atoms with Gasteiger partial charge in [-0.2, -0.15) is 0 Å². The second-order valence-electron chi connectivity index (χ2n) is 4.95. The molecule has 0 bridgehead atoms. The van der Waals surface area contributed by atoms with Gasteiger partial charge in [-0.05, 0) is 25.1 Å². The van der Waals surface area contributed by atoms with Crippen LogP contribution < -0.4 is 16.6 Å². The Kier molecular flexibility index (Phi) is 4.59. The van der Waals surface area contributed by atoms with Gasteiger partial charge in [0.25, 0.3) is 0 Å². The van der Waals surface area contributed by atoms with Crippen molar-refractivity contribution >= 4 is 28.9 Å². The molecule has 0 aliphatic rings. The number of benzene rings is 1. The van der Waals surface area contributed by atoms with Crippen molar-refractivity contribution < 1.29 is 4.39 Å². The Hall–Kier alpha value is -1.92. The van der Waals surface area contributed by atoms with E-state index < -0.39 is 0 Å². The zero-order valence-electron chi connectivity index (χ0n) is 12.0. The lowest BCUT2D eigenvalue weighted by molar-refractivity contribution is 0.628. The Bertz CT molecular complexity index is 660. The molecule has 0 unspecified atom stereocenters. The van der Waals surface area contributed by atoms with Crippen LogP contribution in [0.3, 0.4) is 0 Å². The van der Waals surface area contributed by atoms with Crippen molar-refractivity contribution in [3.05, 3.63) is 40.4 Å².